The van der Waals surface area contributed by atoms with Gasteiger partial charge in [0.2, 0.25) is 6.79 Å². The van der Waals surface area contributed by atoms with E-state index >= 15 is 0 Å². The summed E-state index contributed by atoms with van der Waals surface area (Å²) in [6, 6.07) is 10.4. The first-order chi connectivity index (χ1) is 12.2. The summed E-state index contributed by atoms with van der Waals surface area (Å²) in [5.41, 5.74) is 7.40. The maximum Gasteiger partial charge on any atom is 0.255 e. The molecule has 0 aromatic heterocycles. The highest BCUT2D eigenvalue weighted by atomic mass is 35.5. The highest BCUT2D eigenvalue weighted by Crippen LogP contribution is 2.38. The first-order valence-corrected chi connectivity index (χ1v) is 8.40. The molecule has 0 fully saturated rings. The average Bonchev–Trinajstić information content (AvgIpc) is 3.06. The van der Waals surface area contributed by atoms with Crippen LogP contribution < -0.4 is 25.3 Å². The number of carbonyl (C=O) groups is 1. The monoisotopic (exact) mass is 378 g/mol. The van der Waals surface area contributed by atoms with Crippen LogP contribution in [0.3, 0.4) is 0 Å². The molecule has 1 aliphatic rings. The van der Waals surface area contributed by atoms with E-state index in [1.54, 1.807) is 36.4 Å². The molecule has 0 radical (unpaired) electrons. The highest BCUT2D eigenvalue weighted by Gasteiger charge is 2.17. The van der Waals surface area contributed by atoms with Gasteiger partial charge in [0.25, 0.3) is 5.91 Å². The molecule has 2 aromatic carbocycles. The van der Waals surface area contributed by atoms with Crippen molar-refractivity contribution in [3.05, 3.63) is 42.0 Å². The molecule has 6 nitrogen and oxygen atoms in total. The molecule has 26 heavy (non-hydrogen) atoms. The van der Waals surface area contributed by atoms with Crippen LogP contribution in [-0.2, 0) is 0 Å². The van der Waals surface area contributed by atoms with Gasteiger partial charge in [-0.15, -0.1) is 12.4 Å². The molecule has 7 heteroatoms. The number of fused-ring (bicyclic) bond motifs is 1. The third-order valence-corrected chi connectivity index (χ3v) is 3.93. The Kier molecular flexibility index (Phi) is 6.97. The number of anilines is 2. The van der Waals surface area contributed by atoms with Gasteiger partial charge < -0.3 is 25.3 Å². The molecule has 3 N–H and O–H groups in total. The van der Waals surface area contributed by atoms with Gasteiger partial charge in [-0.1, -0.05) is 19.8 Å². The lowest BCUT2D eigenvalue weighted by Gasteiger charge is -2.10. The summed E-state index contributed by atoms with van der Waals surface area (Å²) >= 11 is 0. The number of benzene rings is 2. The Hall–Kier alpha value is -2.60. The summed E-state index contributed by atoms with van der Waals surface area (Å²) in [7, 11) is 0. The minimum Gasteiger partial charge on any atom is -0.494 e. The number of ether oxygens (including phenoxy) is 3. The van der Waals surface area contributed by atoms with Crippen molar-refractivity contribution in [2.75, 3.05) is 24.5 Å². The van der Waals surface area contributed by atoms with Crippen molar-refractivity contribution >= 4 is 29.7 Å². The van der Waals surface area contributed by atoms with Gasteiger partial charge in [-0.05, 0) is 30.7 Å². The number of nitrogens with two attached hydrogens (primary N) is 1. The van der Waals surface area contributed by atoms with Crippen molar-refractivity contribution in [3.63, 3.8) is 0 Å². The van der Waals surface area contributed by atoms with Gasteiger partial charge in [-0.25, -0.2) is 0 Å². The molecule has 0 saturated heterocycles. The Morgan fingerprint density at radius 3 is 2.54 bits per heavy atom. The minimum absolute atomic E-state index is 0. The fourth-order valence-electron chi connectivity index (χ4n) is 2.51. The maximum absolute atomic E-state index is 12.4. The number of unbranched alkanes of at least 4 members (excludes halogenated alkanes) is 2. The molecular formula is C19H23ClN2O4. The molecule has 0 atom stereocenters. The highest BCUT2D eigenvalue weighted by molar-refractivity contribution is 6.06. The maximum atomic E-state index is 12.4. The molecule has 0 bridgehead atoms. The van der Waals surface area contributed by atoms with Crippen molar-refractivity contribution < 1.29 is 19.0 Å². The molecule has 0 spiro atoms. The second kappa shape index (κ2) is 9.20. The molecule has 140 valence electrons. The van der Waals surface area contributed by atoms with Gasteiger partial charge >= 0.3 is 0 Å². The lowest BCUT2D eigenvalue weighted by atomic mass is 10.2. The van der Waals surface area contributed by atoms with E-state index in [1.165, 1.54) is 0 Å². The second-order valence-electron chi connectivity index (χ2n) is 5.83. The summed E-state index contributed by atoms with van der Waals surface area (Å²) in [4.78, 5) is 12.4. The van der Waals surface area contributed by atoms with Crippen LogP contribution in [0.25, 0.3) is 0 Å². The number of hydrogen-bond donors (Lipinski definition) is 2. The fourth-order valence-corrected chi connectivity index (χ4v) is 2.51. The Balaban J connectivity index is 0.00000243. The smallest absolute Gasteiger partial charge is 0.255 e. The molecule has 2 aromatic rings. The number of rotatable bonds is 7. The van der Waals surface area contributed by atoms with Crippen LogP contribution in [0.4, 0.5) is 11.4 Å². The number of nitrogens with one attached hydrogen (secondary N) is 1. The van der Waals surface area contributed by atoms with Crippen molar-refractivity contribution in [3.8, 4) is 17.2 Å². The van der Waals surface area contributed by atoms with E-state index in [9.17, 15) is 4.79 Å². The van der Waals surface area contributed by atoms with E-state index in [-0.39, 0.29) is 25.1 Å². The fraction of sp³-hybridized carbons (Fsp3) is 0.316. The van der Waals surface area contributed by atoms with E-state index in [0.717, 1.165) is 25.0 Å². The van der Waals surface area contributed by atoms with Crippen LogP contribution in [-0.4, -0.2) is 19.3 Å². The van der Waals surface area contributed by atoms with E-state index in [0.29, 0.717) is 35.0 Å². The molecule has 1 heterocycles. The quantitative estimate of drug-likeness (QED) is 0.556. The Morgan fingerprint density at radius 1 is 1.15 bits per heavy atom. The zero-order valence-corrected chi connectivity index (χ0v) is 15.4. The summed E-state index contributed by atoms with van der Waals surface area (Å²) in [5.74, 6) is 1.67. The first-order valence-electron chi connectivity index (χ1n) is 8.40. The molecule has 0 saturated carbocycles. The Labute approximate surface area is 159 Å². The van der Waals surface area contributed by atoms with E-state index < -0.39 is 0 Å². The van der Waals surface area contributed by atoms with Gasteiger partial charge in [0.1, 0.15) is 5.75 Å². The number of nitrogen functional groups attached to an aromatic ring is 1. The van der Waals surface area contributed by atoms with E-state index in [4.69, 9.17) is 19.9 Å². The van der Waals surface area contributed by atoms with Gasteiger partial charge in [-0.3, -0.25) is 4.79 Å². The number of carbonyl (C=O) groups excluding carboxylic acids is 1. The predicted molar refractivity (Wildman–Crippen MR) is 104 cm³/mol. The Morgan fingerprint density at radius 2 is 1.85 bits per heavy atom. The number of halogens is 1. The van der Waals surface area contributed by atoms with Crippen LogP contribution in [0.5, 0.6) is 17.2 Å². The molecular weight excluding hydrogens is 356 g/mol. The zero-order valence-electron chi connectivity index (χ0n) is 14.6. The summed E-state index contributed by atoms with van der Waals surface area (Å²) in [6.07, 6.45) is 3.34. The van der Waals surface area contributed by atoms with Crippen LogP contribution in [0, 0.1) is 0 Å². The number of amides is 1. The molecule has 1 amide bonds. The summed E-state index contributed by atoms with van der Waals surface area (Å²) in [5, 5.41) is 2.80. The SMILES string of the molecule is CCCCCOc1ccc(C(=O)Nc2cc3c(cc2N)OCO3)cc1.Cl. The van der Waals surface area contributed by atoms with Crippen molar-refractivity contribution in [2.45, 2.75) is 26.2 Å². The molecule has 0 aliphatic carbocycles. The zero-order chi connectivity index (χ0) is 17.6. The Bertz CT molecular complexity index is 750. The third-order valence-electron chi connectivity index (χ3n) is 3.93. The summed E-state index contributed by atoms with van der Waals surface area (Å²) in [6.45, 7) is 3.00. The lowest BCUT2D eigenvalue weighted by Crippen LogP contribution is -2.13. The van der Waals surface area contributed by atoms with Gasteiger partial charge in [0, 0.05) is 17.7 Å². The second-order valence-corrected chi connectivity index (χ2v) is 5.83. The third kappa shape index (κ3) is 4.73. The molecule has 0 unspecified atom stereocenters. The van der Waals surface area contributed by atoms with Crippen molar-refractivity contribution in [1.82, 2.24) is 0 Å². The normalized spacial score (nSPS) is 11.6. The van der Waals surface area contributed by atoms with Crippen molar-refractivity contribution in [2.24, 2.45) is 0 Å². The standard InChI is InChI=1S/C19H22N2O4.ClH/c1-2-3-4-9-23-14-7-5-13(6-8-14)19(22)21-16-11-18-17(10-15(16)20)24-12-25-18;/h5-8,10-11H,2-4,9,12,20H2,1H3,(H,21,22);1H. The largest absolute Gasteiger partial charge is 0.494 e. The van der Waals surface area contributed by atoms with Crippen LogP contribution in [0.2, 0.25) is 0 Å². The van der Waals surface area contributed by atoms with Gasteiger partial charge in [0.05, 0.1) is 18.0 Å². The van der Waals surface area contributed by atoms with Gasteiger partial charge in [-0.2, -0.15) is 0 Å². The number of hydrogen-bond acceptors (Lipinski definition) is 5. The van der Waals surface area contributed by atoms with Crippen LogP contribution >= 0.6 is 12.4 Å². The minimum atomic E-state index is -0.247. The van der Waals surface area contributed by atoms with Crippen molar-refractivity contribution in [1.29, 1.82) is 0 Å². The molecule has 3 rings (SSSR count). The topological polar surface area (TPSA) is 82.8 Å². The lowest BCUT2D eigenvalue weighted by molar-refractivity contribution is 0.102. The molecule has 1 aliphatic heterocycles. The van der Waals surface area contributed by atoms with Crippen LogP contribution in [0.15, 0.2) is 36.4 Å². The van der Waals surface area contributed by atoms with Crippen LogP contribution in [0.1, 0.15) is 36.5 Å². The summed E-state index contributed by atoms with van der Waals surface area (Å²) < 4.78 is 16.2. The predicted octanol–water partition coefficient (Wildman–Crippen LogP) is 4.24. The van der Waals surface area contributed by atoms with E-state index in [2.05, 4.69) is 12.2 Å². The average molecular weight is 379 g/mol. The van der Waals surface area contributed by atoms with Gasteiger partial charge in [0.15, 0.2) is 11.5 Å². The van der Waals surface area contributed by atoms with E-state index in [1.807, 2.05) is 0 Å². The first kappa shape index (κ1) is 19.7.